The van der Waals surface area contributed by atoms with Crippen LogP contribution in [0.3, 0.4) is 0 Å². The highest BCUT2D eigenvalue weighted by Crippen LogP contribution is 2.23. The van der Waals surface area contributed by atoms with Crippen LogP contribution in [-0.2, 0) is 14.3 Å². The van der Waals surface area contributed by atoms with Crippen LogP contribution in [0.4, 0.5) is 0 Å². The van der Waals surface area contributed by atoms with Crippen molar-refractivity contribution in [2.45, 2.75) is 256 Å². The third kappa shape index (κ3) is 29.6. The first-order chi connectivity index (χ1) is 28.3. The van der Waals surface area contributed by atoms with Crippen molar-refractivity contribution in [1.82, 2.24) is 5.32 Å². The zero-order chi connectivity index (χ0) is 42.3. The Balaban J connectivity index is 2.35. The van der Waals surface area contributed by atoms with E-state index in [1.54, 1.807) is 6.08 Å². The van der Waals surface area contributed by atoms with Crippen molar-refractivity contribution >= 4 is 5.91 Å². The third-order valence-electron chi connectivity index (χ3n) is 11.5. The van der Waals surface area contributed by atoms with Gasteiger partial charge in [-0.15, -0.1) is 0 Å². The second kappa shape index (κ2) is 39.5. The molecular formula is C49H91NO8. The molecule has 1 amide bonds. The Kier molecular flexibility index (Phi) is 37.1. The number of hydrogen-bond acceptors (Lipinski definition) is 8. The van der Waals surface area contributed by atoms with Crippen LogP contribution >= 0.6 is 0 Å². The molecule has 1 aliphatic rings. The second-order valence-electron chi connectivity index (χ2n) is 16.9. The number of nitrogens with one attached hydrogen (secondary N) is 1. The number of rotatable bonds is 40. The quantitative estimate of drug-likeness (QED) is 0.0264. The maximum atomic E-state index is 13.0. The lowest BCUT2D eigenvalue weighted by molar-refractivity contribution is -0.302. The molecule has 0 aromatic heterocycles. The topological polar surface area (TPSA) is 149 Å². The molecule has 7 unspecified atom stereocenters. The van der Waals surface area contributed by atoms with Crippen molar-refractivity contribution < 1.29 is 39.8 Å². The van der Waals surface area contributed by atoms with Gasteiger partial charge in [0.25, 0.3) is 0 Å². The summed E-state index contributed by atoms with van der Waals surface area (Å²) in [5, 5.41) is 54.3. The van der Waals surface area contributed by atoms with Crippen LogP contribution in [0.1, 0.15) is 213 Å². The average molecular weight is 822 g/mol. The summed E-state index contributed by atoms with van der Waals surface area (Å²) < 4.78 is 11.2. The normalized spacial score (nSPS) is 21.1. The zero-order valence-corrected chi connectivity index (χ0v) is 37.3. The number of hydrogen-bond donors (Lipinski definition) is 6. The molecule has 0 bridgehead atoms. The van der Waals surface area contributed by atoms with E-state index in [0.29, 0.717) is 6.42 Å². The summed E-state index contributed by atoms with van der Waals surface area (Å²) in [4.78, 5) is 13.0. The SMILES string of the molecule is CCCCCC/C=C\C/C=C\CCCCCCCC(=O)NC(COC1OC(CO)C(O)C(O)C1O)C(O)/C=C/CCCCCCCCCCCCCCCCCCC. The largest absolute Gasteiger partial charge is 0.394 e. The van der Waals surface area contributed by atoms with Gasteiger partial charge in [-0.2, -0.15) is 0 Å². The molecule has 1 aliphatic heterocycles. The minimum absolute atomic E-state index is 0.190. The molecule has 0 aliphatic carbocycles. The van der Waals surface area contributed by atoms with Gasteiger partial charge in [-0.05, 0) is 51.4 Å². The lowest BCUT2D eigenvalue weighted by Crippen LogP contribution is -2.60. The van der Waals surface area contributed by atoms with Crippen molar-refractivity contribution in [2.75, 3.05) is 13.2 Å². The summed E-state index contributed by atoms with van der Waals surface area (Å²) in [5.41, 5.74) is 0. The number of carbonyl (C=O) groups excluding carboxylic acids is 1. The maximum Gasteiger partial charge on any atom is 0.220 e. The lowest BCUT2D eigenvalue weighted by Gasteiger charge is -2.40. The van der Waals surface area contributed by atoms with Gasteiger partial charge in [0.05, 0.1) is 25.4 Å². The van der Waals surface area contributed by atoms with Crippen LogP contribution < -0.4 is 5.32 Å². The van der Waals surface area contributed by atoms with E-state index in [1.165, 1.54) is 128 Å². The fourth-order valence-electron chi connectivity index (χ4n) is 7.54. The molecule has 9 heteroatoms. The van der Waals surface area contributed by atoms with E-state index in [-0.39, 0.29) is 12.5 Å². The van der Waals surface area contributed by atoms with Gasteiger partial charge in [0.2, 0.25) is 5.91 Å². The number of ether oxygens (including phenoxy) is 2. The number of unbranched alkanes of at least 4 members (excludes halogenated alkanes) is 26. The average Bonchev–Trinajstić information content (AvgIpc) is 3.22. The van der Waals surface area contributed by atoms with E-state index < -0.39 is 49.5 Å². The molecule has 1 fully saturated rings. The van der Waals surface area contributed by atoms with E-state index in [1.807, 2.05) is 6.08 Å². The Bertz CT molecular complexity index is 1000. The van der Waals surface area contributed by atoms with Crippen molar-refractivity contribution in [3.8, 4) is 0 Å². The van der Waals surface area contributed by atoms with Gasteiger partial charge in [-0.25, -0.2) is 0 Å². The monoisotopic (exact) mass is 822 g/mol. The zero-order valence-electron chi connectivity index (χ0n) is 37.3. The predicted octanol–water partition coefficient (Wildman–Crippen LogP) is 10.5. The Hall–Kier alpha value is -1.59. The van der Waals surface area contributed by atoms with Gasteiger partial charge in [0.1, 0.15) is 24.4 Å². The fraction of sp³-hybridized carbons (Fsp3) is 0.857. The summed E-state index contributed by atoms with van der Waals surface area (Å²) in [6.45, 7) is 3.75. The van der Waals surface area contributed by atoms with Gasteiger partial charge in [0.15, 0.2) is 6.29 Å². The molecule has 1 rings (SSSR count). The van der Waals surface area contributed by atoms with E-state index in [9.17, 15) is 30.3 Å². The highest BCUT2D eigenvalue weighted by molar-refractivity contribution is 5.76. The number of allylic oxidation sites excluding steroid dienone is 5. The number of carbonyl (C=O) groups is 1. The van der Waals surface area contributed by atoms with E-state index in [0.717, 1.165) is 64.2 Å². The highest BCUT2D eigenvalue weighted by atomic mass is 16.7. The Morgan fingerprint density at radius 1 is 0.586 bits per heavy atom. The standard InChI is InChI=1S/C49H91NO8/c1-3-5-7-9-11-13-15-17-19-21-22-23-24-26-28-30-32-34-36-38-43(52)42(41-57-49-48(56)47(55)46(54)44(40-51)58-49)50-45(53)39-37-35-33-31-29-27-25-20-18-16-14-12-10-8-6-4-2/h14,16,20,25,36,38,42-44,46-49,51-52,54-56H,3-13,15,17-19,21-24,26-35,37,39-41H2,1-2H3,(H,50,53)/b16-14-,25-20-,38-36+. The number of amides is 1. The van der Waals surface area contributed by atoms with Crippen molar-refractivity contribution in [3.63, 3.8) is 0 Å². The van der Waals surface area contributed by atoms with Gasteiger partial charge in [-0.3, -0.25) is 4.79 Å². The van der Waals surface area contributed by atoms with Crippen LogP contribution in [0, 0.1) is 0 Å². The van der Waals surface area contributed by atoms with E-state index >= 15 is 0 Å². The van der Waals surface area contributed by atoms with Crippen LogP contribution in [0.15, 0.2) is 36.5 Å². The van der Waals surface area contributed by atoms with Gasteiger partial charge in [0, 0.05) is 6.42 Å². The third-order valence-corrected chi connectivity index (χ3v) is 11.5. The van der Waals surface area contributed by atoms with Crippen molar-refractivity contribution in [2.24, 2.45) is 0 Å². The molecule has 1 heterocycles. The summed E-state index contributed by atoms with van der Waals surface area (Å²) in [7, 11) is 0. The lowest BCUT2D eigenvalue weighted by atomic mass is 9.99. The first-order valence-electron chi connectivity index (χ1n) is 24.2. The van der Waals surface area contributed by atoms with Gasteiger partial charge < -0.3 is 40.3 Å². The summed E-state index contributed by atoms with van der Waals surface area (Å²) in [6.07, 6.45) is 41.8. The highest BCUT2D eigenvalue weighted by Gasteiger charge is 2.44. The van der Waals surface area contributed by atoms with E-state index in [2.05, 4.69) is 43.5 Å². The van der Waals surface area contributed by atoms with Crippen LogP contribution in [0.5, 0.6) is 0 Å². The first-order valence-corrected chi connectivity index (χ1v) is 24.2. The predicted molar refractivity (Wildman–Crippen MR) is 240 cm³/mol. The molecule has 340 valence electrons. The Labute approximate surface area is 355 Å². The minimum atomic E-state index is -1.57. The molecule has 0 aromatic rings. The molecule has 6 N–H and O–H groups in total. The van der Waals surface area contributed by atoms with Crippen molar-refractivity contribution in [1.29, 1.82) is 0 Å². The molecule has 9 nitrogen and oxygen atoms in total. The molecule has 0 radical (unpaired) electrons. The summed E-state index contributed by atoms with van der Waals surface area (Å²) in [5.74, 6) is -0.190. The molecule has 0 aromatic carbocycles. The first kappa shape index (κ1) is 54.4. The van der Waals surface area contributed by atoms with Gasteiger partial charge in [-0.1, -0.05) is 192 Å². The fourth-order valence-corrected chi connectivity index (χ4v) is 7.54. The minimum Gasteiger partial charge on any atom is -0.394 e. The molecule has 0 spiro atoms. The van der Waals surface area contributed by atoms with Crippen LogP contribution in [-0.4, -0.2) is 87.5 Å². The maximum absolute atomic E-state index is 13.0. The smallest absolute Gasteiger partial charge is 0.220 e. The second-order valence-corrected chi connectivity index (χ2v) is 16.9. The van der Waals surface area contributed by atoms with Crippen molar-refractivity contribution in [3.05, 3.63) is 36.5 Å². The Morgan fingerprint density at radius 2 is 1.02 bits per heavy atom. The summed E-state index contributed by atoms with van der Waals surface area (Å²) >= 11 is 0. The molecular weight excluding hydrogens is 731 g/mol. The molecule has 7 atom stereocenters. The molecule has 58 heavy (non-hydrogen) atoms. The van der Waals surface area contributed by atoms with E-state index in [4.69, 9.17) is 9.47 Å². The van der Waals surface area contributed by atoms with Crippen LogP contribution in [0.25, 0.3) is 0 Å². The van der Waals surface area contributed by atoms with Crippen LogP contribution in [0.2, 0.25) is 0 Å². The molecule has 0 saturated carbocycles. The van der Waals surface area contributed by atoms with Gasteiger partial charge >= 0.3 is 0 Å². The molecule has 1 saturated heterocycles. The number of aliphatic hydroxyl groups is 5. The Morgan fingerprint density at radius 3 is 1.50 bits per heavy atom. The number of aliphatic hydroxyl groups excluding tert-OH is 5. The summed E-state index contributed by atoms with van der Waals surface area (Å²) in [6, 6.07) is -0.811.